The quantitative estimate of drug-likeness (QED) is 0.552. The Kier molecular flexibility index (Phi) is 6.15. The number of likely N-dealkylation sites (tertiary alicyclic amines) is 1. The maximum atomic E-state index is 12.7. The van der Waals surface area contributed by atoms with E-state index in [0.29, 0.717) is 19.7 Å². The van der Waals surface area contributed by atoms with Gasteiger partial charge in [-0.3, -0.25) is 9.78 Å². The third-order valence-electron chi connectivity index (χ3n) is 6.66. The summed E-state index contributed by atoms with van der Waals surface area (Å²) in [6, 6.07) is 11.2. The second-order valence-electron chi connectivity index (χ2n) is 8.83. The highest BCUT2D eigenvalue weighted by molar-refractivity contribution is 5.84. The number of pyridine rings is 1. The van der Waals surface area contributed by atoms with Gasteiger partial charge in [0, 0.05) is 37.0 Å². The van der Waals surface area contributed by atoms with E-state index >= 15 is 0 Å². The van der Waals surface area contributed by atoms with Crippen molar-refractivity contribution in [3.05, 3.63) is 59.4 Å². The molecule has 0 spiro atoms. The van der Waals surface area contributed by atoms with Crippen molar-refractivity contribution in [2.45, 2.75) is 50.1 Å². The van der Waals surface area contributed by atoms with Crippen LogP contribution in [-0.4, -0.2) is 58.8 Å². The molecule has 9 nitrogen and oxygen atoms in total. The van der Waals surface area contributed by atoms with Crippen LogP contribution in [0.1, 0.15) is 48.2 Å². The molecule has 5 rings (SSSR count). The molecule has 0 saturated carbocycles. The lowest BCUT2D eigenvalue weighted by atomic mass is 9.89. The van der Waals surface area contributed by atoms with Crippen LogP contribution in [-0.2, 0) is 16.1 Å². The third kappa shape index (κ3) is 4.65. The summed E-state index contributed by atoms with van der Waals surface area (Å²) in [5.74, 6) is -0.107. The van der Waals surface area contributed by atoms with Gasteiger partial charge in [-0.15, -0.1) is 0 Å². The number of fused-ring (bicyclic) bond motifs is 4. The van der Waals surface area contributed by atoms with Crippen LogP contribution in [0, 0.1) is 0 Å². The molecule has 0 aliphatic carbocycles. The molecule has 4 N–H and O–H groups in total. The summed E-state index contributed by atoms with van der Waals surface area (Å²) >= 11 is 0. The highest BCUT2D eigenvalue weighted by atomic mass is 16.5. The van der Waals surface area contributed by atoms with Crippen LogP contribution in [0.25, 0.3) is 0 Å². The standard InChI is InChI=1S/C24H29N5O4/c30-21-14-33-22-11-19(21)28-17-7-6-15(10-16(17)22)12-26-24(32)27-13-23(31)29-9-3-5-20(29)18-4-1-2-8-25-18/h1-2,4,6-8,10,19-22,28,30H,3,5,9,11-14H2,(H2,26,27,32)/t19-,20?,21+,22-/m0/s1. The molecule has 2 bridgehead atoms. The zero-order chi connectivity index (χ0) is 22.8. The fourth-order valence-electron chi connectivity index (χ4n) is 4.93. The number of ether oxygens (including phenoxy) is 1. The summed E-state index contributed by atoms with van der Waals surface area (Å²) in [5, 5.41) is 18.9. The van der Waals surface area contributed by atoms with Crippen LogP contribution in [0.2, 0.25) is 0 Å². The first-order valence-electron chi connectivity index (χ1n) is 11.5. The van der Waals surface area contributed by atoms with Crippen molar-refractivity contribution in [1.29, 1.82) is 0 Å². The number of amides is 3. The summed E-state index contributed by atoms with van der Waals surface area (Å²) < 4.78 is 5.79. The first-order chi connectivity index (χ1) is 16.1. The Hall–Kier alpha value is -3.17. The van der Waals surface area contributed by atoms with Crippen LogP contribution in [0.4, 0.5) is 10.5 Å². The average molecular weight is 452 g/mol. The zero-order valence-electron chi connectivity index (χ0n) is 18.4. The Morgan fingerprint density at radius 1 is 1.24 bits per heavy atom. The molecule has 4 heterocycles. The number of nitrogens with zero attached hydrogens (tertiary/aromatic N) is 2. The molecule has 3 aliphatic rings. The molecule has 0 radical (unpaired) electrons. The van der Waals surface area contributed by atoms with Gasteiger partial charge in [0.15, 0.2) is 0 Å². The fraction of sp³-hybridized carbons (Fsp3) is 0.458. The molecule has 3 aliphatic heterocycles. The molecule has 1 aromatic carbocycles. The minimum absolute atomic E-state index is 0.0106. The number of aromatic nitrogens is 1. The third-order valence-corrected chi connectivity index (χ3v) is 6.66. The molecule has 2 saturated heterocycles. The normalized spacial score (nSPS) is 25.7. The van der Waals surface area contributed by atoms with Crippen LogP contribution in [0.5, 0.6) is 0 Å². The molecule has 1 unspecified atom stereocenters. The van der Waals surface area contributed by atoms with E-state index in [4.69, 9.17) is 4.74 Å². The average Bonchev–Trinajstić information content (AvgIpc) is 3.34. The van der Waals surface area contributed by atoms with Crippen molar-refractivity contribution in [1.82, 2.24) is 20.5 Å². The summed E-state index contributed by atoms with van der Waals surface area (Å²) in [4.78, 5) is 31.2. The Morgan fingerprint density at radius 2 is 2.15 bits per heavy atom. The second kappa shape index (κ2) is 9.36. The van der Waals surface area contributed by atoms with Crippen molar-refractivity contribution in [3.63, 3.8) is 0 Å². The largest absolute Gasteiger partial charge is 0.389 e. The molecule has 1 aromatic heterocycles. The van der Waals surface area contributed by atoms with E-state index in [9.17, 15) is 14.7 Å². The number of carbonyl (C=O) groups is 2. The Morgan fingerprint density at radius 3 is 3.00 bits per heavy atom. The van der Waals surface area contributed by atoms with Crippen LogP contribution < -0.4 is 16.0 Å². The van der Waals surface area contributed by atoms with E-state index in [1.54, 1.807) is 11.1 Å². The van der Waals surface area contributed by atoms with Gasteiger partial charge in [0.05, 0.1) is 43.1 Å². The lowest BCUT2D eigenvalue weighted by Gasteiger charge is -2.40. The second-order valence-corrected chi connectivity index (χ2v) is 8.83. The number of hydrogen-bond donors (Lipinski definition) is 4. The minimum Gasteiger partial charge on any atom is -0.389 e. The number of urea groups is 1. The maximum absolute atomic E-state index is 12.7. The van der Waals surface area contributed by atoms with Crippen molar-refractivity contribution in [2.24, 2.45) is 0 Å². The highest BCUT2D eigenvalue weighted by Gasteiger charge is 2.36. The lowest BCUT2D eigenvalue weighted by molar-refractivity contribution is -0.131. The van der Waals surface area contributed by atoms with Gasteiger partial charge >= 0.3 is 6.03 Å². The maximum Gasteiger partial charge on any atom is 0.315 e. The first-order valence-corrected chi connectivity index (χ1v) is 11.5. The predicted molar refractivity (Wildman–Crippen MR) is 121 cm³/mol. The Bertz CT molecular complexity index is 1020. The summed E-state index contributed by atoms with van der Waals surface area (Å²) in [5.41, 5.74) is 3.84. The summed E-state index contributed by atoms with van der Waals surface area (Å²) in [6.45, 7) is 1.28. The van der Waals surface area contributed by atoms with Gasteiger partial charge in [-0.1, -0.05) is 12.1 Å². The highest BCUT2D eigenvalue weighted by Crippen LogP contribution is 2.39. The van der Waals surface area contributed by atoms with E-state index in [-0.39, 0.29) is 36.7 Å². The number of hydrogen-bond acceptors (Lipinski definition) is 6. The van der Waals surface area contributed by atoms with E-state index in [0.717, 1.165) is 41.8 Å². The lowest BCUT2D eigenvalue weighted by Crippen LogP contribution is -2.46. The van der Waals surface area contributed by atoms with E-state index in [1.807, 2.05) is 36.4 Å². The van der Waals surface area contributed by atoms with E-state index in [1.165, 1.54) is 0 Å². The molecular weight excluding hydrogens is 422 g/mol. The van der Waals surface area contributed by atoms with Crippen molar-refractivity contribution >= 4 is 17.6 Å². The number of rotatable bonds is 5. The van der Waals surface area contributed by atoms with Gasteiger partial charge in [-0.25, -0.2) is 4.79 Å². The van der Waals surface area contributed by atoms with Crippen molar-refractivity contribution < 1.29 is 19.4 Å². The van der Waals surface area contributed by atoms with Gasteiger partial charge in [-0.2, -0.15) is 0 Å². The monoisotopic (exact) mass is 451 g/mol. The first kappa shape index (κ1) is 21.7. The Balaban J connectivity index is 1.12. The topological polar surface area (TPSA) is 116 Å². The van der Waals surface area contributed by atoms with Crippen molar-refractivity contribution in [3.8, 4) is 0 Å². The molecule has 174 valence electrons. The smallest absolute Gasteiger partial charge is 0.315 e. The number of carbonyl (C=O) groups excluding carboxylic acids is 2. The molecule has 4 atom stereocenters. The molecule has 33 heavy (non-hydrogen) atoms. The van der Waals surface area contributed by atoms with Crippen LogP contribution in [0.3, 0.4) is 0 Å². The van der Waals surface area contributed by atoms with Crippen LogP contribution in [0.15, 0.2) is 42.6 Å². The van der Waals surface area contributed by atoms with Crippen molar-refractivity contribution in [2.75, 3.05) is 25.0 Å². The van der Waals surface area contributed by atoms with E-state index in [2.05, 4.69) is 20.9 Å². The van der Waals surface area contributed by atoms with Gasteiger partial charge < -0.3 is 30.7 Å². The molecule has 2 fully saturated rings. The van der Waals surface area contributed by atoms with E-state index < -0.39 is 6.10 Å². The molecular formula is C24H29N5O4. The summed E-state index contributed by atoms with van der Waals surface area (Å²) in [6.07, 6.45) is 3.73. The minimum atomic E-state index is -0.498. The van der Waals surface area contributed by atoms with Crippen LogP contribution >= 0.6 is 0 Å². The zero-order valence-corrected chi connectivity index (χ0v) is 18.4. The number of aliphatic hydroxyl groups is 1. The Labute approximate surface area is 192 Å². The summed E-state index contributed by atoms with van der Waals surface area (Å²) in [7, 11) is 0. The molecule has 3 amide bonds. The van der Waals surface area contributed by atoms with Gasteiger partial charge in [0.2, 0.25) is 5.91 Å². The number of nitrogens with one attached hydrogen (secondary N) is 3. The number of anilines is 1. The van der Waals surface area contributed by atoms with Gasteiger partial charge in [-0.05, 0) is 42.7 Å². The predicted octanol–water partition coefficient (Wildman–Crippen LogP) is 1.86. The molecule has 9 heteroatoms. The SMILES string of the molecule is O=C(NCC(=O)N1CCCC1c1ccccn1)NCc1ccc2c(c1)[C@@H]1C[C@H](N2)[C@H](O)CO1. The molecule has 2 aromatic rings. The number of aliphatic hydroxyl groups excluding tert-OH is 1. The van der Waals surface area contributed by atoms with Gasteiger partial charge in [0.1, 0.15) is 0 Å². The number of benzene rings is 1. The fourth-order valence-corrected chi connectivity index (χ4v) is 4.93. The van der Waals surface area contributed by atoms with Gasteiger partial charge in [0.25, 0.3) is 0 Å².